The average Bonchev–Trinajstić information content (AvgIpc) is 2.92. The molecule has 3 rings (SSSR count). The molecule has 2 aromatic carbocycles. The summed E-state index contributed by atoms with van der Waals surface area (Å²) in [5.74, 6) is -0.675. The molecule has 1 fully saturated rings. The zero-order valence-corrected chi connectivity index (χ0v) is 15.5. The van der Waals surface area contributed by atoms with Gasteiger partial charge in [-0.2, -0.15) is 0 Å². The van der Waals surface area contributed by atoms with Crippen LogP contribution in [0, 0.1) is 19.8 Å². The molecule has 130 valence electrons. The molecule has 2 aromatic rings. The number of nitrogens with one attached hydrogen (secondary N) is 1. The Hall–Kier alpha value is -2.04. The third-order valence-electron chi connectivity index (χ3n) is 4.38. The van der Waals surface area contributed by atoms with Crippen molar-refractivity contribution in [2.75, 3.05) is 16.8 Å². The molecule has 1 atom stereocenters. The Labute approximate surface area is 156 Å². The van der Waals surface area contributed by atoms with Gasteiger partial charge in [0.05, 0.1) is 5.92 Å². The van der Waals surface area contributed by atoms with Crippen molar-refractivity contribution in [2.24, 2.45) is 5.92 Å². The number of hydrogen-bond donors (Lipinski definition) is 1. The Morgan fingerprint density at radius 2 is 1.72 bits per heavy atom. The van der Waals surface area contributed by atoms with Gasteiger partial charge in [0.25, 0.3) is 0 Å². The summed E-state index contributed by atoms with van der Waals surface area (Å²) in [6.07, 6.45) is 0.168. The van der Waals surface area contributed by atoms with Gasteiger partial charge in [0, 0.05) is 34.4 Å². The van der Waals surface area contributed by atoms with E-state index >= 15 is 0 Å². The Morgan fingerprint density at radius 3 is 2.32 bits per heavy atom. The van der Waals surface area contributed by atoms with Gasteiger partial charge in [0.1, 0.15) is 0 Å². The molecule has 0 radical (unpaired) electrons. The van der Waals surface area contributed by atoms with Crippen LogP contribution >= 0.6 is 23.2 Å². The van der Waals surface area contributed by atoms with E-state index in [1.807, 2.05) is 32.0 Å². The Bertz CT molecular complexity index is 811. The van der Waals surface area contributed by atoms with E-state index in [4.69, 9.17) is 23.2 Å². The van der Waals surface area contributed by atoms with Gasteiger partial charge in [-0.05, 0) is 43.2 Å². The number of amides is 2. The van der Waals surface area contributed by atoms with E-state index < -0.39 is 5.92 Å². The van der Waals surface area contributed by atoms with Gasteiger partial charge in [-0.15, -0.1) is 0 Å². The first-order chi connectivity index (χ1) is 11.8. The molecule has 1 aliphatic heterocycles. The SMILES string of the molecule is Cc1cccc(C)c1NC(=O)C1CC(=O)N(c2cc(Cl)cc(Cl)c2)C1. The highest BCUT2D eigenvalue weighted by Gasteiger charge is 2.35. The molecule has 0 saturated carbocycles. The lowest BCUT2D eigenvalue weighted by Gasteiger charge is -2.18. The number of halogens is 2. The van der Waals surface area contributed by atoms with Crippen LogP contribution < -0.4 is 10.2 Å². The highest BCUT2D eigenvalue weighted by molar-refractivity contribution is 6.35. The third kappa shape index (κ3) is 3.80. The van der Waals surface area contributed by atoms with E-state index in [1.165, 1.54) is 0 Å². The maximum absolute atomic E-state index is 12.6. The van der Waals surface area contributed by atoms with E-state index in [-0.39, 0.29) is 18.2 Å². The first-order valence-electron chi connectivity index (χ1n) is 7.98. The summed E-state index contributed by atoms with van der Waals surface area (Å²) in [5.41, 5.74) is 3.42. The van der Waals surface area contributed by atoms with E-state index in [9.17, 15) is 9.59 Å². The summed E-state index contributed by atoms with van der Waals surface area (Å²) in [7, 11) is 0. The van der Waals surface area contributed by atoms with Crippen LogP contribution in [0.3, 0.4) is 0 Å². The number of anilines is 2. The first-order valence-corrected chi connectivity index (χ1v) is 8.74. The van der Waals surface area contributed by atoms with Crippen LogP contribution in [0.15, 0.2) is 36.4 Å². The highest BCUT2D eigenvalue weighted by Crippen LogP contribution is 2.31. The molecule has 4 nitrogen and oxygen atoms in total. The zero-order chi connectivity index (χ0) is 18.1. The summed E-state index contributed by atoms with van der Waals surface area (Å²) < 4.78 is 0. The fraction of sp³-hybridized carbons (Fsp3) is 0.263. The van der Waals surface area contributed by atoms with Crippen LogP contribution in [0.5, 0.6) is 0 Å². The molecule has 0 spiro atoms. The van der Waals surface area contributed by atoms with Crippen molar-refractivity contribution >= 4 is 46.4 Å². The number of carbonyl (C=O) groups is 2. The molecule has 1 heterocycles. The minimum atomic E-state index is -0.413. The number of nitrogens with zero attached hydrogens (tertiary/aromatic N) is 1. The molecule has 0 bridgehead atoms. The Morgan fingerprint density at radius 1 is 1.12 bits per heavy atom. The largest absolute Gasteiger partial charge is 0.325 e. The molecule has 1 aliphatic rings. The second kappa shape index (κ2) is 7.06. The minimum Gasteiger partial charge on any atom is -0.325 e. The minimum absolute atomic E-state index is 0.111. The lowest BCUT2D eigenvalue weighted by molar-refractivity contribution is -0.122. The van der Waals surface area contributed by atoms with Crippen molar-refractivity contribution in [1.82, 2.24) is 0 Å². The first kappa shape index (κ1) is 17.8. The number of para-hydroxylation sites is 1. The van der Waals surface area contributed by atoms with Crippen molar-refractivity contribution in [3.8, 4) is 0 Å². The molecule has 1 saturated heterocycles. The second-order valence-electron chi connectivity index (χ2n) is 6.29. The van der Waals surface area contributed by atoms with Crippen LogP contribution in [0.25, 0.3) is 0 Å². The van der Waals surface area contributed by atoms with Gasteiger partial charge in [-0.1, -0.05) is 41.4 Å². The molecule has 1 N–H and O–H groups in total. The molecular weight excluding hydrogens is 359 g/mol. The molecule has 2 amide bonds. The number of hydrogen-bond acceptors (Lipinski definition) is 2. The maximum atomic E-state index is 12.6. The van der Waals surface area contributed by atoms with Crippen LogP contribution in [0.2, 0.25) is 10.0 Å². The smallest absolute Gasteiger partial charge is 0.229 e. The Kier molecular flexibility index (Phi) is 5.02. The van der Waals surface area contributed by atoms with Gasteiger partial charge in [-0.25, -0.2) is 0 Å². The van der Waals surface area contributed by atoms with E-state index in [2.05, 4.69) is 5.32 Å². The second-order valence-corrected chi connectivity index (χ2v) is 7.16. The summed E-state index contributed by atoms with van der Waals surface area (Å²) in [4.78, 5) is 26.6. The van der Waals surface area contributed by atoms with E-state index in [0.29, 0.717) is 22.3 Å². The molecular formula is C19H18Cl2N2O2. The van der Waals surface area contributed by atoms with Gasteiger partial charge in [0.2, 0.25) is 11.8 Å². The topological polar surface area (TPSA) is 49.4 Å². The molecule has 0 aliphatic carbocycles. The van der Waals surface area contributed by atoms with Crippen LogP contribution in [0.4, 0.5) is 11.4 Å². The number of benzene rings is 2. The van der Waals surface area contributed by atoms with Crippen molar-refractivity contribution in [1.29, 1.82) is 0 Å². The van der Waals surface area contributed by atoms with Crippen molar-refractivity contribution in [3.63, 3.8) is 0 Å². The average molecular weight is 377 g/mol. The fourth-order valence-corrected chi connectivity index (χ4v) is 3.58. The fourth-order valence-electron chi connectivity index (χ4n) is 3.06. The van der Waals surface area contributed by atoms with Gasteiger partial charge >= 0.3 is 0 Å². The predicted molar refractivity (Wildman–Crippen MR) is 101 cm³/mol. The van der Waals surface area contributed by atoms with Gasteiger partial charge in [-0.3, -0.25) is 9.59 Å². The van der Waals surface area contributed by atoms with Crippen LogP contribution in [0.1, 0.15) is 17.5 Å². The lowest BCUT2D eigenvalue weighted by Crippen LogP contribution is -2.28. The lowest BCUT2D eigenvalue weighted by atomic mass is 10.1. The number of aryl methyl sites for hydroxylation is 2. The summed E-state index contributed by atoms with van der Waals surface area (Å²) >= 11 is 12.0. The number of carbonyl (C=O) groups excluding carboxylic acids is 2. The monoisotopic (exact) mass is 376 g/mol. The maximum Gasteiger partial charge on any atom is 0.229 e. The van der Waals surface area contributed by atoms with E-state index in [1.54, 1.807) is 23.1 Å². The van der Waals surface area contributed by atoms with Gasteiger partial charge in [0.15, 0.2) is 0 Å². The quantitative estimate of drug-likeness (QED) is 0.850. The van der Waals surface area contributed by atoms with Crippen molar-refractivity contribution < 1.29 is 9.59 Å². The van der Waals surface area contributed by atoms with Crippen molar-refractivity contribution in [3.05, 3.63) is 57.6 Å². The standard InChI is InChI=1S/C19H18Cl2N2O2/c1-11-4-3-5-12(2)18(11)22-19(25)13-6-17(24)23(10-13)16-8-14(20)7-15(21)9-16/h3-5,7-9,13H,6,10H2,1-2H3,(H,22,25). The molecule has 1 unspecified atom stereocenters. The normalized spacial score (nSPS) is 17.0. The third-order valence-corrected chi connectivity index (χ3v) is 4.82. The molecule has 0 aromatic heterocycles. The Balaban J connectivity index is 1.77. The predicted octanol–water partition coefficient (Wildman–Crippen LogP) is 4.60. The molecule has 6 heteroatoms. The summed E-state index contributed by atoms with van der Waals surface area (Å²) in [6.45, 7) is 4.21. The van der Waals surface area contributed by atoms with Crippen LogP contribution in [-0.4, -0.2) is 18.4 Å². The van der Waals surface area contributed by atoms with Gasteiger partial charge < -0.3 is 10.2 Å². The number of rotatable bonds is 3. The summed E-state index contributed by atoms with van der Waals surface area (Å²) in [6, 6.07) is 10.8. The zero-order valence-electron chi connectivity index (χ0n) is 14.0. The highest BCUT2D eigenvalue weighted by atomic mass is 35.5. The summed E-state index contributed by atoms with van der Waals surface area (Å²) in [5, 5.41) is 3.88. The van der Waals surface area contributed by atoms with Crippen LogP contribution in [-0.2, 0) is 9.59 Å². The van der Waals surface area contributed by atoms with E-state index in [0.717, 1.165) is 16.8 Å². The van der Waals surface area contributed by atoms with Crippen molar-refractivity contribution in [2.45, 2.75) is 20.3 Å². The molecule has 25 heavy (non-hydrogen) atoms.